The van der Waals surface area contributed by atoms with Gasteiger partial charge in [-0.2, -0.15) is 0 Å². The molecular formula is C30H34N4O5. The summed E-state index contributed by atoms with van der Waals surface area (Å²) in [6.45, 7) is 1.26. The molecule has 2 N–H and O–H groups in total. The predicted molar refractivity (Wildman–Crippen MR) is 149 cm³/mol. The molecule has 0 spiro atoms. The standard InChI is InChI=1S/C30H34N4O5/c1-36-24-11-12-26(38-3)30-20(24)13-14-34(23(30)15-19-9-10-25(37-2)27(16-19)39-4)18-29(35)31-17-28-32-21-7-5-6-8-22(21)33-28/h5-12,16,23H,13-15,17-18H2,1-4H3,(H,31,35)(H,32,33). The molecule has 0 aliphatic carbocycles. The Morgan fingerprint density at radius 3 is 2.41 bits per heavy atom. The monoisotopic (exact) mass is 530 g/mol. The Morgan fingerprint density at radius 1 is 0.949 bits per heavy atom. The van der Waals surface area contributed by atoms with Gasteiger partial charge in [-0.05, 0) is 54.8 Å². The number of H-pyrrole nitrogens is 1. The Balaban J connectivity index is 1.41. The highest BCUT2D eigenvalue weighted by Crippen LogP contribution is 2.43. The molecule has 1 unspecified atom stereocenters. The maximum atomic E-state index is 13.2. The first-order valence-corrected chi connectivity index (χ1v) is 12.9. The number of ether oxygens (including phenoxy) is 4. The third-order valence-electron chi connectivity index (χ3n) is 7.25. The number of carbonyl (C=O) groups excluding carboxylic acids is 1. The second kappa shape index (κ2) is 11.7. The molecule has 5 rings (SSSR count). The van der Waals surface area contributed by atoms with E-state index in [1.807, 2.05) is 54.6 Å². The van der Waals surface area contributed by atoms with Crippen LogP contribution in [0.3, 0.4) is 0 Å². The highest BCUT2D eigenvalue weighted by Gasteiger charge is 2.33. The van der Waals surface area contributed by atoms with E-state index in [2.05, 4.69) is 20.2 Å². The Kier molecular flexibility index (Phi) is 7.88. The summed E-state index contributed by atoms with van der Waals surface area (Å²) < 4.78 is 22.5. The fourth-order valence-electron chi connectivity index (χ4n) is 5.37. The summed E-state index contributed by atoms with van der Waals surface area (Å²) in [5.74, 6) is 3.60. The van der Waals surface area contributed by atoms with E-state index in [0.717, 1.165) is 51.5 Å². The van der Waals surface area contributed by atoms with E-state index in [1.165, 1.54) is 0 Å². The summed E-state index contributed by atoms with van der Waals surface area (Å²) in [5, 5.41) is 3.03. The van der Waals surface area contributed by atoms with Crippen molar-refractivity contribution in [1.82, 2.24) is 20.2 Å². The molecule has 1 atom stereocenters. The van der Waals surface area contributed by atoms with Gasteiger partial charge in [0, 0.05) is 23.7 Å². The average molecular weight is 531 g/mol. The molecule has 2 heterocycles. The van der Waals surface area contributed by atoms with Crippen LogP contribution in [0.25, 0.3) is 11.0 Å². The number of rotatable bonds is 10. The molecule has 0 bridgehead atoms. The Bertz CT molecular complexity index is 1430. The lowest BCUT2D eigenvalue weighted by Crippen LogP contribution is -2.43. The number of imidazole rings is 1. The van der Waals surface area contributed by atoms with Crippen molar-refractivity contribution in [3.05, 3.63) is 77.1 Å². The number of methoxy groups -OCH3 is 4. The van der Waals surface area contributed by atoms with Crippen molar-refractivity contribution >= 4 is 16.9 Å². The van der Waals surface area contributed by atoms with E-state index in [1.54, 1.807) is 28.4 Å². The zero-order chi connectivity index (χ0) is 27.4. The number of amides is 1. The van der Waals surface area contributed by atoms with Crippen LogP contribution >= 0.6 is 0 Å². The van der Waals surface area contributed by atoms with E-state index in [-0.39, 0.29) is 18.5 Å². The minimum Gasteiger partial charge on any atom is -0.496 e. The van der Waals surface area contributed by atoms with Crippen molar-refractivity contribution in [1.29, 1.82) is 0 Å². The van der Waals surface area contributed by atoms with Gasteiger partial charge in [-0.15, -0.1) is 0 Å². The number of para-hydroxylation sites is 2. The first kappa shape index (κ1) is 26.4. The molecule has 39 heavy (non-hydrogen) atoms. The first-order valence-electron chi connectivity index (χ1n) is 12.9. The number of nitrogens with one attached hydrogen (secondary N) is 2. The van der Waals surface area contributed by atoms with Crippen molar-refractivity contribution in [2.75, 3.05) is 41.5 Å². The van der Waals surface area contributed by atoms with Gasteiger partial charge < -0.3 is 29.2 Å². The maximum Gasteiger partial charge on any atom is 0.234 e. The molecule has 0 fully saturated rings. The fraction of sp³-hybridized carbons (Fsp3) is 0.333. The molecule has 1 aliphatic rings. The minimum atomic E-state index is -0.117. The van der Waals surface area contributed by atoms with Gasteiger partial charge >= 0.3 is 0 Å². The highest BCUT2D eigenvalue weighted by atomic mass is 16.5. The van der Waals surface area contributed by atoms with Crippen LogP contribution in [0.1, 0.15) is 28.6 Å². The number of benzene rings is 3. The van der Waals surface area contributed by atoms with Gasteiger partial charge in [0.1, 0.15) is 17.3 Å². The second-order valence-corrected chi connectivity index (χ2v) is 9.47. The molecule has 9 heteroatoms. The molecule has 1 aromatic heterocycles. The Morgan fingerprint density at radius 2 is 1.67 bits per heavy atom. The predicted octanol–water partition coefficient (Wildman–Crippen LogP) is 4.06. The van der Waals surface area contributed by atoms with Crippen LogP contribution in [0.15, 0.2) is 54.6 Å². The molecule has 0 radical (unpaired) electrons. The zero-order valence-corrected chi connectivity index (χ0v) is 22.7. The number of fused-ring (bicyclic) bond motifs is 2. The molecule has 204 valence electrons. The van der Waals surface area contributed by atoms with Crippen LogP contribution in [0.2, 0.25) is 0 Å². The van der Waals surface area contributed by atoms with E-state index < -0.39 is 0 Å². The number of hydrogen-bond acceptors (Lipinski definition) is 7. The number of carbonyl (C=O) groups is 1. The van der Waals surface area contributed by atoms with Crippen molar-refractivity contribution < 1.29 is 23.7 Å². The van der Waals surface area contributed by atoms with Crippen LogP contribution in [0.4, 0.5) is 0 Å². The SMILES string of the molecule is COc1ccc(CC2c3c(OC)ccc(OC)c3CCN2CC(=O)NCc2nc3ccccc3[nH]2)cc1OC. The molecule has 1 aliphatic heterocycles. The summed E-state index contributed by atoms with van der Waals surface area (Å²) in [6.07, 6.45) is 1.39. The largest absolute Gasteiger partial charge is 0.496 e. The van der Waals surface area contributed by atoms with Crippen molar-refractivity contribution in [2.24, 2.45) is 0 Å². The van der Waals surface area contributed by atoms with Gasteiger partial charge in [0.2, 0.25) is 5.91 Å². The zero-order valence-electron chi connectivity index (χ0n) is 22.7. The lowest BCUT2D eigenvalue weighted by Gasteiger charge is -2.38. The summed E-state index contributed by atoms with van der Waals surface area (Å²) in [4.78, 5) is 23.2. The van der Waals surface area contributed by atoms with Gasteiger partial charge in [-0.25, -0.2) is 4.98 Å². The highest BCUT2D eigenvalue weighted by molar-refractivity contribution is 5.78. The van der Waals surface area contributed by atoms with Gasteiger partial charge in [0.05, 0.1) is 52.6 Å². The Hall–Kier alpha value is -4.24. The van der Waals surface area contributed by atoms with Crippen LogP contribution < -0.4 is 24.3 Å². The molecule has 3 aromatic carbocycles. The van der Waals surface area contributed by atoms with Crippen molar-refractivity contribution in [2.45, 2.75) is 25.4 Å². The van der Waals surface area contributed by atoms with E-state index >= 15 is 0 Å². The van der Waals surface area contributed by atoms with Gasteiger partial charge in [0.15, 0.2) is 11.5 Å². The lowest BCUT2D eigenvalue weighted by atomic mass is 9.87. The molecule has 0 saturated carbocycles. The molecule has 1 amide bonds. The Labute approximate surface area is 228 Å². The van der Waals surface area contributed by atoms with Gasteiger partial charge in [0.25, 0.3) is 0 Å². The third-order valence-corrected chi connectivity index (χ3v) is 7.25. The van der Waals surface area contributed by atoms with Crippen LogP contribution in [0.5, 0.6) is 23.0 Å². The second-order valence-electron chi connectivity index (χ2n) is 9.47. The summed E-state index contributed by atoms with van der Waals surface area (Å²) >= 11 is 0. The fourth-order valence-corrected chi connectivity index (χ4v) is 5.37. The van der Waals surface area contributed by atoms with Crippen molar-refractivity contribution in [3.8, 4) is 23.0 Å². The number of aromatic nitrogens is 2. The lowest BCUT2D eigenvalue weighted by molar-refractivity contribution is -0.123. The van der Waals surface area contributed by atoms with Gasteiger partial charge in [-0.1, -0.05) is 18.2 Å². The minimum absolute atomic E-state index is 0.0712. The maximum absolute atomic E-state index is 13.2. The van der Waals surface area contributed by atoms with Gasteiger partial charge in [-0.3, -0.25) is 9.69 Å². The van der Waals surface area contributed by atoms with Crippen molar-refractivity contribution in [3.63, 3.8) is 0 Å². The molecular weight excluding hydrogens is 496 g/mol. The smallest absolute Gasteiger partial charge is 0.234 e. The molecule has 9 nitrogen and oxygen atoms in total. The molecule has 4 aromatic rings. The number of nitrogens with zero attached hydrogens (tertiary/aromatic N) is 2. The summed E-state index contributed by atoms with van der Waals surface area (Å²) in [6, 6.07) is 17.5. The van der Waals surface area contributed by atoms with E-state index in [0.29, 0.717) is 31.0 Å². The quantitative estimate of drug-likeness (QED) is 0.319. The topological polar surface area (TPSA) is 97.9 Å². The normalized spacial score (nSPS) is 15.0. The van der Waals surface area contributed by atoms with Crippen LogP contribution in [-0.2, 0) is 24.2 Å². The van der Waals surface area contributed by atoms with Crippen LogP contribution in [-0.4, -0.2) is 62.3 Å². The first-order chi connectivity index (χ1) is 19.0. The van der Waals surface area contributed by atoms with E-state index in [9.17, 15) is 4.79 Å². The number of aromatic amines is 1. The average Bonchev–Trinajstić information content (AvgIpc) is 3.39. The summed E-state index contributed by atoms with van der Waals surface area (Å²) in [7, 11) is 6.61. The number of hydrogen-bond donors (Lipinski definition) is 2. The van der Waals surface area contributed by atoms with E-state index in [4.69, 9.17) is 18.9 Å². The molecule has 0 saturated heterocycles. The van der Waals surface area contributed by atoms with Crippen LogP contribution in [0, 0.1) is 0 Å². The third kappa shape index (κ3) is 5.49. The summed E-state index contributed by atoms with van der Waals surface area (Å²) in [5.41, 5.74) is 5.04.